The molecule has 0 aliphatic carbocycles. The molecule has 0 saturated carbocycles. The Morgan fingerprint density at radius 2 is 2.00 bits per heavy atom. The van der Waals surface area contributed by atoms with Gasteiger partial charge in [-0.3, -0.25) is 4.79 Å². The molecule has 2 aliphatic heterocycles. The molecule has 0 aromatic rings. The van der Waals surface area contributed by atoms with Crippen LogP contribution in [0.2, 0.25) is 0 Å². The summed E-state index contributed by atoms with van der Waals surface area (Å²) in [6, 6.07) is 0. The van der Waals surface area contributed by atoms with Crippen molar-refractivity contribution in [3.63, 3.8) is 0 Å². The van der Waals surface area contributed by atoms with Crippen molar-refractivity contribution in [3.05, 3.63) is 0 Å². The number of amides is 1. The molecule has 2 saturated heterocycles. The molecule has 0 aromatic heterocycles. The van der Waals surface area contributed by atoms with Gasteiger partial charge in [0.25, 0.3) is 0 Å². The van der Waals surface area contributed by atoms with Crippen molar-refractivity contribution in [2.24, 2.45) is 5.92 Å². The smallest absolute Gasteiger partial charge is 0.332 e. The number of carboxylic acid groups (broad SMARTS) is 1. The van der Waals surface area contributed by atoms with E-state index in [2.05, 4.69) is 5.32 Å². The maximum Gasteiger partial charge on any atom is 0.332 e. The van der Waals surface area contributed by atoms with Crippen molar-refractivity contribution in [1.29, 1.82) is 0 Å². The fraction of sp³-hybridized carbons (Fsp3) is 0.818. The lowest BCUT2D eigenvalue weighted by molar-refractivity contribution is -0.149. The fourth-order valence-corrected chi connectivity index (χ4v) is 4.14. The van der Waals surface area contributed by atoms with E-state index in [-0.39, 0.29) is 30.1 Å². The number of hydrogen-bond acceptors (Lipinski definition) is 5. The Bertz CT molecular complexity index is 474. The number of carbonyl (C=O) groups is 2. The standard InChI is InChI=1S/C11H17NO6S/c13-10(7-3-4-19(16,17)6-7)12-5-8-1-2-9(18-8)11(14)15/h7-9H,1-6H2,(H,12,13)(H,14,15). The highest BCUT2D eigenvalue weighted by Gasteiger charge is 2.34. The van der Waals surface area contributed by atoms with Crippen molar-refractivity contribution in [3.8, 4) is 0 Å². The van der Waals surface area contributed by atoms with Crippen molar-refractivity contribution in [2.75, 3.05) is 18.1 Å². The van der Waals surface area contributed by atoms with Gasteiger partial charge in [-0.2, -0.15) is 0 Å². The lowest BCUT2D eigenvalue weighted by atomic mass is 10.1. The van der Waals surface area contributed by atoms with Crippen LogP contribution in [0.15, 0.2) is 0 Å². The number of carbonyl (C=O) groups excluding carboxylic acids is 1. The molecule has 2 aliphatic rings. The second-order valence-corrected chi connectivity index (χ2v) is 7.24. The van der Waals surface area contributed by atoms with E-state index in [9.17, 15) is 18.0 Å². The molecule has 2 heterocycles. The van der Waals surface area contributed by atoms with Crippen molar-refractivity contribution < 1.29 is 27.9 Å². The lowest BCUT2D eigenvalue weighted by Crippen LogP contribution is -2.37. The van der Waals surface area contributed by atoms with E-state index in [0.29, 0.717) is 19.3 Å². The fourth-order valence-electron chi connectivity index (χ4n) is 2.40. The zero-order valence-corrected chi connectivity index (χ0v) is 11.2. The first-order valence-electron chi connectivity index (χ1n) is 6.24. The second kappa shape index (κ2) is 5.46. The third-order valence-corrected chi connectivity index (χ3v) is 5.26. The monoisotopic (exact) mass is 291 g/mol. The van der Waals surface area contributed by atoms with E-state index in [1.54, 1.807) is 0 Å². The minimum atomic E-state index is -3.07. The zero-order valence-electron chi connectivity index (χ0n) is 10.4. The van der Waals surface area contributed by atoms with Gasteiger partial charge >= 0.3 is 5.97 Å². The highest BCUT2D eigenvalue weighted by Crippen LogP contribution is 2.21. The molecule has 0 spiro atoms. The van der Waals surface area contributed by atoms with E-state index < -0.39 is 27.8 Å². The SMILES string of the molecule is O=C(NCC1CCC(C(=O)O)O1)C1CCS(=O)(=O)C1. The van der Waals surface area contributed by atoms with Gasteiger partial charge < -0.3 is 15.2 Å². The molecule has 108 valence electrons. The van der Waals surface area contributed by atoms with E-state index in [0.717, 1.165) is 0 Å². The van der Waals surface area contributed by atoms with Crippen LogP contribution in [0.25, 0.3) is 0 Å². The number of nitrogens with one attached hydrogen (secondary N) is 1. The van der Waals surface area contributed by atoms with Gasteiger partial charge in [-0.25, -0.2) is 13.2 Å². The third-order valence-electron chi connectivity index (χ3n) is 3.49. The minimum Gasteiger partial charge on any atom is -0.479 e. The molecule has 2 N–H and O–H groups in total. The Balaban J connectivity index is 1.75. The van der Waals surface area contributed by atoms with Crippen LogP contribution in [0, 0.1) is 5.92 Å². The first kappa shape index (κ1) is 14.3. The van der Waals surface area contributed by atoms with Crippen LogP contribution >= 0.6 is 0 Å². The molecule has 3 unspecified atom stereocenters. The van der Waals surface area contributed by atoms with Crippen molar-refractivity contribution in [2.45, 2.75) is 31.5 Å². The Morgan fingerprint density at radius 3 is 2.53 bits per heavy atom. The maximum atomic E-state index is 11.8. The minimum absolute atomic E-state index is 0.0616. The topological polar surface area (TPSA) is 110 Å². The molecule has 0 bridgehead atoms. The molecule has 2 rings (SSSR count). The van der Waals surface area contributed by atoms with Gasteiger partial charge in [-0.15, -0.1) is 0 Å². The van der Waals surface area contributed by atoms with Crippen LogP contribution in [0.1, 0.15) is 19.3 Å². The highest BCUT2D eigenvalue weighted by atomic mass is 32.2. The van der Waals surface area contributed by atoms with Crippen LogP contribution in [0.4, 0.5) is 0 Å². The Hall–Kier alpha value is -1.15. The number of aliphatic carboxylic acids is 1. The molecule has 1 amide bonds. The quantitative estimate of drug-likeness (QED) is 0.699. The summed E-state index contributed by atoms with van der Waals surface area (Å²) in [4.78, 5) is 22.4. The summed E-state index contributed by atoms with van der Waals surface area (Å²) in [6.07, 6.45) is 0.280. The summed E-state index contributed by atoms with van der Waals surface area (Å²) >= 11 is 0. The Kier molecular flexibility index (Phi) is 4.10. The summed E-state index contributed by atoms with van der Waals surface area (Å²) in [6.45, 7) is 0.235. The van der Waals surface area contributed by atoms with Crippen LogP contribution in [-0.4, -0.2) is 55.7 Å². The van der Waals surface area contributed by atoms with Crippen LogP contribution < -0.4 is 5.32 Å². The van der Waals surface area contributed by atoms with Gasteiger partial charge in [-0.1, -0.05) is 0 Å². The molecule has 0 aromatic carbocycles. The predicted octanol–water partition coefficient (Wildman–Crippen LogP) is -0.830. The number of hydrogen-bond donors (Lipinski definition) is 2. The van der Waals surface area contributed by atoms with Gasteiger partial charge in [0.2, 0.25) is 5.91 Å². The van der Waals surface area contributed by atoms with Crippen LogP contribution in [-0.2, 0) is 24.2 Å². The first-order chi connectivity index (χ1) is 8.87. The van der Waals surface area contributed by atoms with Crippen molar-refractivity contribution in [1.82, 2.24) is 5.32 Å². The Morgan fingerprint density at radius 1 is 1.26 bits per heavy atom. The lowest BCUT2D eigenvalue weighted by Gasteiger charge is -2.14. The number of ether oxygens (including phenoxy) is 1. The summed E-state index contributed by atoms with van der Waals surface area (Å²) in [5.74, 6) is -1.80. The number of sulfone groups is 1. The van der Waals surface area contributed by atoms with Gasteiger partial charge in [-0.05, 0) is 19.3 Å². The van der Waals surface area contributed by atoms with Crippen LogP contribution in [0.5, 0.6) is 0 Å². The summed E-state index contributed by atoms with van der Waals surface area (Å²) < 4.78 is 27.8. The van der Waals surface area contributed by atoms with Gasteiger partial charge in [0.05, 0.1) is 23.5 Å². The zero-order chi connectivity index (χ0) is 14.0. The van der Waals surface area contributed by atoms with Crippen LogP contribution in [0.3, 0.4) is 0 Å². The molecular weight excluding hydrogens is 274 g/mol. The third kappa shape index (κ3) is 3.66. The van der Waals surface area contributed by atoms with E-state index in [1.807, 2.05) is 0 Å². The molecule has 7 nitrogen and oxygen atoms in total. The first-order valence-corrected chi connectivity index (χ1v) is 8.06. The molecule has 2 fully saturated rings. The average Bonchev–Trinajstić information content (AvgIpc) is 2.92. The van der Waals surface area contributed by atoms with E-state index in [1.165, 1.54) is 0 Å². The van der Waals surface area contributed by atoms with Crippen molar-refractivity contribution >= 4 is 21.7 Å². The Labute approximate surface area is 111 Å². The van der Waals surface area contributed by atoms with Gasteiger partial charge in [0.15, 0.2) is 15.9 Å². The summed E-state index contributed by atoms with van der Waals surface area (Å²) in [7, 11) is -3.07. The highest BCUT2D eigenvalue weighted by molar-refractivity contribution is 7.91. The second-order valence-electron chi connectivity index (χ2n) is 5.01. The molecule has 3 atom stereocenters. The normalized spacial score (nSPS) is 33.2. The number of rotatable bonds is 4. The molecular formula is C11H17NO6S. The average molecular weight is 291 g/mol. The predicted molar refractivity (Wildman–Crippen MR) is 65.3 cm³/mol. The summed E-state index contributed by atoms with van der Waals surface area (Å²) in [5, 5.41) is 11.4. The molecule has 19 heavy (non-hydrogen) atoms. The van der Waals surface area contributed by atoms with E-state index in [4.69, 9.17) is 9.84 Å². The summed E-state index contributed by atoms with van der Waals surface area (Å²) in [5.41, 5.74) is 0. The van der Waals surface area contributed by atoms with Gasteiger partial charge in [0, 0.05) is 6.54 Å². The largest absolute Gasteiger partial charge is 0.479 e. The van der Waals surface area contributed by atoms with Gasteiger partial charge in [0.1, 0.15) is 0 Å². The molecule has 8 heteroatoms. The molecule has 0 radical (unpaired) electrons. The number of carboxylic acids is 1. The maximum absolute atomic E-state index is 11.8. The van der Waals surface area contributed by atoms with E-state index >= 15 is 0 Å².